The third kappa shape index (κ3) is 5.68. The highest BCUT2D eigenvalue weighted by Crippen LogP contribution is 2.25. The zero-order valence-corrected chi connectivity index (χ0v) is 18.0. The summed E-state index contributed by atoms with van der Waals surface area (Å²) in [5.74, 6) is -0.859. The number of aromatic nitrogens is 1. The van der Waals surface area contributed by atoms with Crippen molar-refractivity contribution in [1.29, 1.82) is 0 Å². The van der Waals surface area contributed by atoms with Gasteiger partial charge in [-0.25, -0.2) is 4.79 Å². The summed E-state index contributed by atoms with van der Waals surface area (Å²) in [5, 5.41) is 10.8. The van der Waals surface area contributed by atoms with Gasteiger partial charge < -0.3 is 14.4 Å². The highest BCUT2D eigenvalue weighted by molar-refractivity contribution is 6.31. The van der Waals surface area contributed by atoms with E-state index in [9.17, 15) is 23.1 Å². The molecule has 8 heteroatoms. The van der Waals surface area contributed by atoms with E-state index in [4.69, 9.17) is 16.3 Å². The molecule has 0 fully saturated rings. The van der Waals surface area contributed by atoms with Crippen molar-refractivity contribution < 1.29 is 27.8 Å². The zero-order chi connectivity index (χ0) is 23.6. The molecule has 3 aromatic carbocycles. The molecule has 0 amide bonds. The zero-order valence-electron chi connectivity index (χ0n) is 17.3. The second-order valence-electron chi connectivity index (χ2n) is 7.67. The summed E-state index contributed by atoms with van der Waals surface area (Å²) in [6, 6.07) is 19.2. The highest BCUT2D eigenvalue weighted by Gasteiger charge is 2.28. The van der Waals surface area contributed by atoms with Crippen LogP contribution in [-0.4, -0.2) is 28.4 Å². The number of alkyl halides is 3. The smallest absolute Gasteiger partial charge is 0.422 e. The van der Waals surface area contributed by atoms with Gasteiger partial charge in [0, 0.05) is 23.3 Å². The van der Waals surface area contributed by atoms with E-state index in [1.807, 2.05) is 41.1 Å². The molecule has 0 unspecified atom stereocenters. The molecule has 0 atom stereocenters. The second kappa shape index (κ2) is 9.19. The highest BCUT2D eigenvalue weighted by atomic mass is 35.5. The Morgan fingerprint density at radius 1 is 1.00 bits per heavy atom. The van der Waals surface area contributed by atoms with Gasteiger partial charge >= 0.3 is 12.1 Å². The van der Waals surface area contributed by atoms with Crippen LogP contribution in [0.15, 0.2) is 72.9 Å². The number of carboxylic acids is 1. The number of hydrogen-bond donors (Lipinski definition) is 1. The topological polar surface area (TPSA) is 51.5 Å². The van der Waals surface area contributed by atoms with Crippen LogP contribution in [-0.2, 0) is 13.0 Å². The van der Waals surface area contributed by atoms with Crippen LogP contribution in [0.2, 0.25) is 5.02 Å². The van der Waals surface area contributed by atoms with Gasteiger partial charge in [0.15, 0.2) is 6.61 Å². The van der Waals surface area contributed by atoms with Crippen LogP contribution in [0, 0.1) is 0 Å². The average molecular weight is 474 g/mol. The maximum atomic E-state index is 12.4. The number of aromatic carboxylic acids is 1. The van der Waals surface area contributed by atoms with Crippen molar-refractivity contribution in [2.75, 3.05) is 6.61 Å². The van der Waals surface area contributed by atoms with Gasteiger partial charge in [-0.1, -0.05) is 35.9 Å². The Labute approximate surface area is 192 Å². The minimum atomic E-state index is -4.39. The maximum Gasteiger partial charge on any atom is 0.422 e. The number of hydrogen-bond acceptors (Lipinski definition) is 2. The fourth-order valence-corrected chi connectivity index (χ4v) is 3.89. The van der Waals surface area contributed by atoms with Gasteiger partial charge in [-0.2, -0.15) is 13.2 Å². The van der Waals surface area contributed by atoms with E-state index in [0.29, 0.717) is 23.6 Å². The molecule has 0 saturated carbocycles. The largest absolute Gasteiger partial charge is 0.484 e. The Morgan fingerprint density at radius 3 is 2.58 bits per heavy atom. The predicted octanol–water partition coefficient (Wildman–Crippen LogP) is 6.57. The van der Waals surface area contributed by atoms with Crippen molar-refractivity contribution in [2.45, 2.75) is 19.1 Å². The number of nitrogens with zero attached hydrogens (tertiary/aromatic N) is 1. The normalized spacial score (nSPS) is 11.6. The summed E-state index contributed by atoms with van der Waals surface area (Å²) in [7, 11) is 0. The van der Waals surface area contributed by atoms with Crippen LogP contribution in [0.1, 0.15) is 27.0 Å². The van der Waals surface area contributed by atoms with E-state index in [0.717, 1.165) is 22.0 Å². The molecular weight excluding hydrogens is 455 g/mol. The number of halogens is 4. The molecule has 0 aliphatic carbocycles. The summed E-state index contributed by atoms with van der Waals surface area (Å²) in [6.45, 7) is -0.866. The summed E-state index contributed by atoms with van der Waals surface area (Å²) in [5.41, 5.74) is 3.56. The molecule has 0 spiro atoms. The van der Waals surface area contributed by atoms with Gasteiger partial charge in [0.25, 0.3) is 0 Å². The molecule has 4 nitrogen and oxygen atoms in total. The lowest BCUT2D eigenvalue weighted by Crippen LogP contribution is -2.19. The van der Waals surface area contributed by atoms with E-state index in [1.54, 1.807) is 24.3 Å². The van der Waals surface area contributed by atoms with Crippen LogP contribution < -0.4 is 4.74 Å². The first-order valence-corrected chi connectivity index (χ1v) is 10.4. The molecule has 4 rings (SSSR count). The third-order valence-corrected chi connectivity index (χ3v) is 5.42. The van der Waals surface area contributed by atoms with E-state index < -0.39 is 18.8 Å². The van der Waals surface area contributed by atoms with Gasteiger partial charge in [0.1, 0.15) is 5.75 Å². The average Bonchev–Trinajstić information content (AvgIpc) is 3.15. The van der Waals surface area contributed by atoms with Crippen LogP contribution in [0.25, 0.3) is 10.9 Å². The molecule has 0 bridgehead atoms. The molecule has 4 aromatic rings. The predicted molar refractivity (Wildman–Crippen MR) is 120 cm³/mol. The Balaban J connectivity index is 1.53. The van der Waals surface area contributed by atoms with Crippen LogP contribution >= 0.6 is 11.6 Å². The number of carbonyl (C=O) groups is 1. The van der Waals surface area contributed by atoms with Crippen molar-refractivity contribution in [3.8, 4) is 5.75 Å². The number of fused-ring (bicyclic) bond motifs is 1. The summed E-state index contributed by atoms with van der Waals surface area (Å²) < 4.78 is 44.1. The van der Waals surface area contributed by atoms with Gasteiger partial charge in [-0.15, -0.1) is 0 Å². The minimum Gasteiger partial charge on any atom is -0.484 e. The second-order valence-corrected chi connectivity index (χ2v) is 8.11. The number of ether oxygens (including phenoxy) is 1. The van der Waals surface area contributed by atoms with Crippen molar-refractivity contribution in [3.63, 3.8) is 0 Å². The van der Waals surface area contributed by atoms with Gasteiger partial charge in [-0.3, -0.25) is 0 Å². The molecule has 0 radical (unpaired) electrons. The van der Waals surface area contributed by atoms with Crippen molar-refractivity contribution in [2.24, 2.45) is 0 Å². The standard InChI is InChI=1S/C25H19ClF3NO3/c26-20-6-5-18(22(13-20)24(31)32)10-16-4-7-23-19(11-16)8-9-30(23)14-17-2-1-3-21(12-17)33-15-25(27,28)29/h1-9,11-13H,10,14-15H2,(H,31,32). The van der Waals surface area contributed by atoms with Crippen LogP contribution in [0.4, 0.5) is 13.2 Å². The Morgan fingerprint density at radius 2 is 1.82 bits per heavy atom. The summed E-state index contributed by atoms with van der Waals surface area (Å²) in [6.07, 6.45) is -2.04. The van der Waals surface area contributed by atoms with Gasteiger partial charge in [0.2, 0.25) is 0 Å². The quantitative estimate of drug-likeness (QED) is 0.330. The molecule has 0 saturated heterocycles. The monoisotopic (exact) mass is 473 g/mol. The lowest BCUT2D eigenvalue weighted by atomic mass is 9.99. The lowest BCUT2D eigenvalue weighted by molar-refractivity contribution is -0.153. The fraction of sp³-hybridized carbons (Fsp3) is 0.160. The van der Waals surface area contributed by atoms with E-state index in [1.165, 1.54) is 12.1 Å². The van der Waals surface area contributed by atoms with E-state index >= 15 is 0 Å². The molecule has 0 aliphatic rings. The van der Waals surface area contributed by atoms with Crippen molar-refractivity contribution in [1.82, 2.24) is 4.57 Å². The number of benzene rings is 3. The van der Waals surface area contributed by atoms with E-state index in [2.05, 4.69) is 0 Å². The summed E-state index contributed by atoms with van der Waals surface area (Å²) in [4.78, 5) is 11.5. The molecule has 1 N–H and O–H groups in total. The Kier molecular flexibility index (Phi) is 6.33. The molecule has 1 aromatic heterocycles. The van der Waals surface area contributed by atoms with E-state index in [-0.39, 0.29) is 11.3 Å². The third-order valence-electron chi connectivity index (χ3n) is 5.19. The Bertz CT molecular complexity index is 1310. The molecule has 0 aliphatic heterocycles. The first-order valence-electron chi connectivity index (χ1n) is 10.1. The Hall–Kier alpha value is -3.45. The molecule has 1 heterocycles. The molecular formula is C25H19ClF3NO3. The fourth-order valence-electron chi connectivity index (χ4n) is 3.71. The van der Waals surface area contributed by atoms with Gasteiger partial charge in [0.05, 0.1) is 5.56 Å². The maximum absolute atomic E-state index is 12.4. The SMILES string of the molecule is O=C(O)c1cc(Cl)ccc1Cc1ccc2c(ccn2Cc2cccc(OCC(F)(F)F)c2)c1. The summed E-state index contributed by atoms with van der Waals surface area (Å²) >= 11 is 5.93. The number of rotatable bonds is 7. The first-order chi connectivity index (χ1) is 15.7. The van der Waals surface area contributed by atoms with Crippen molar-refractivity contribution >= 4 is 28.5 Å². The van der Waals surface area contributed by atoms with Crippen LogP contribution in [0.5, 0.6) is 5.75 Å². The lowest BCUT2D eigenvalue weighted by Gasteiger charge is -2.11. The first kappa shape index (κ1) is 22.7. The molecule has 33 heavy (non-hydrogen) atoms. The molecule has 170 valence electrons. The minimum absolute atomic E-state index is 0.167. The van der Waals surface area contributed by atoms with Crippen LogP contribution in [0.3, 0.4) is 0 Å². The number of carboxylic acid groups (broad SMARTS) is 1. The van der Waals surface area contributed by atoms with Crippen molar-refractivity contribution in [3.05, 3.63) is 100 Å². The van der Waals surface area contributed by atoms with Gasteiger partial charge in [-0.05, 0) is 71.0 Å².